The maximum Gasteiger partial charge on any atom is 0.0766 e. The minimum absolute atomic E-state index is 0.461. The Morgan fingerprint density at radius 1 is 1.19 bits per heavy atom. The van der Waals surface area contributed by atoms with Crippen molar-refractivity contribution in [2.24, 2.45) is 0 Å². The third-order valence-electron chi connectivity index (χ3n) is 3.37. The van der Waals surface area contributed by atoms with Gasteiger partial charge in [0.15, 0.2) is 0 Å². The van der Waals surface area contributed by atoms with Gasteiger partial charge in [-0.3, -0.25) is 0 Å². The van der Waals surface area contributed by atoms with Crippen molar-refractivity contribution in [2.45, 2.75) is 25.8 Å². The molecule has 0 saturated carbocycles. The van der Waals surface area contributed by atoms with E-state index in [0.717, 1.165) is 21.3 Å². The zero-order valence-electron chi connectivity index (χ0n) is 12.0. The molecule has 2 nitrogen and oxygen atoms in total. The highest BCUT2D eigenvalue weighted by Crippen LogP contribution is 2.25. The Hall–Kier alpha value is -1.50. The van der Waals surface area contributed by atoms with Crippen LogP contribution in [0.15, 0.2) is 46.9 Å². The van der Waals surface area contributed by atoms with Crippen LogP contribution < -0.4 is 5.32 Å². The fraction of sp³-hybridized carbons (Fsp3) is 0.235. The van der Waals surface area contributed by atoms with Gasteiger partial charge in [-0.2, -0.15) is 5.26 Å². The van der Waals surface area contributed by atoms with E-state index in [1.165, 1.54) is 0 Å². The first-order valence-corrected chi connectivity index (χ1v) is 7.79. The molecule has 0 bridgehead atoms. The molecular formula is C17H16BrClN2. The summed E-state index contributed by atoms with van der Waals surface area (Å²) in [6.45, 7) is 4.53. The Labute approximate surface area is 138 Å². The Balaban J connectivity index is 2.04. The van der Waals surface area contributed by atoms with Gasteiger partial charge in [-0.25, -0.2) is 0 Å². The minimum atomic E-state index is -0.461. The molecule has 0 heterocycles. The lowest BCUT2D eigenvalue weighted by Gasteiger charge is -2.16. The summed E-state index contributed by atoms with van der Waals surface area (Å²) in [5, 5.41) is 13.2. The third-order valence-corrected chi connectivity index (χ3v) is 4.60. The summed E-state index contributed by atoms with van der Waals surface area (Å²) in [6, 6.07) is 16.2. The number of hydrogen-bond donors (Lipinski definition) is 1. The molecule has 4 heteroatoms. The van der Waals surface area contributed by atoms with E-state index in [2.05, 4.69) is 27.3 Å². The Morgan fingerprint density at radius 2 is 1.86 bits per heavy atom. The van der Waals surface area contributed by atoms with Gasteiger partial charge in [-0.05, 0) is 65.2 Å². The van der Waals surface area contributed by atoms with E-state index in [-0.39, 0.29) is 0 Å². The van der Waals surface area contributed by atoms with Crippen LogP contribution in [-0.2, 0) is 12.0 Å². The summed E-state index contributed by atoms with van der Waals surface area (Å²) >= 11 is 9.46. The normalized spacial score (nSPS) is 11.0. The second-order valence-electron chi connectivity index (χ2n) is 5.42. The number of halogens is 2. The van der Waals surface area contributed by atoms with Crippen LogP contribution in [0.4, 0.5) is 5.69 Å². The molecule has 0 spiro atoms. The van der Waals surface area contributed by atoms with E-state index in [1.807, 2.05) is 56.3 Å². The SMILES string of the molecule is CC(C)(C#N)c1ccc(NCc2ccc(Br)c(Cl)c2)cc1. The molecular weight excluding hydrogens is 348 g/mol. The maximum absolute atomic E-state index is 9.14. The smallest absolute Gasteiger partial charge is 0.0766 e. The van der Waals surface area contributed by atoms with Crippen molar-refractivity contribution in [3.05, 3.63) is 63.1 Å². The lowest BCUT2D eigenvalue weighted by atomic mass is 9.86. The van der Waals surface area contributed by atoms with Crippen molar-refractivity contribution < 1.29 is 0 Å². The van der Waals surface area contributed by atoms with Gasteiger partial charge in [0.25, 0.3) is 0 Å². The number of nitrogens with one attached hydrogen (secondary N) is 1. The summed E-state index contributed by atoms with van der Waals surface area (Å²) in [5.41, 5.74) is 2.69. The average Bonchev–Trinajstić information content (AvgIpc) is 2.49. The molecule has 0 atom stereocenters. The molecule has 0 aliphatic carbocycles. The van der Waals surface area contributed by atoms with Gasteiger partial charge in [0, 0.05) is 16.7 Å². The van der Waals surface area contributed by atoms with E-state index in [4.69, 9.17) is 16.9 Å². The zero-order valence-corrected chi connectivity index (χ0v) is 14.3. The number of benzene rings is 2. The molecule has 2 rings (SSSR count). The number of nitriles is 1. The van der Waals surface area contributed by atoms with Crippen LogP contribution in [0.5, 0.6) is 0 Å². The Bertz CT molecular complexity index is 672. The van der Waals surface area contributed by atoms with Crippen molar-refractivity contribution in [1.82, 2.24) is 0 Å². The molecule has 0 unspecified atom stereocenters. The van der Waals surface area contributed by atoms with Gasteiger partial charge in [0.1, 0.15) is 0 Å². The molecule has 2 aromatic rings. The van der Waals surface area contributed by atoms with E-state index >= 15 is 0 Å². The van der Waals surface area contributed by atoms with Crippen molar-refractivity contribution in [1.29, 1.82) is 5.26 Å². The van der Waals surface area contributed by atoms with Crippen LogP contribution in [0.3, 0.4) is 0 Å². The average molecular weight is 364 g/mol. The molecule has 0 fully saturated rings. The maximum atomic E-state index is 9.14. The number of anilines is 1. The van der Waals surface area contributed by atoms with Gasteiger partial charge in [0.05, 0.1) is 16.5 Å². The van der Waals surface area contributed by atoms with Gasteiger partial charge in [0.2, 0.25) is 0 Å². The topological polar surface area (TPSA) is 35.8 Å². The highest BCUT2D eigenvalue weighted by atomic mass is 79.9. The predicted octanol–water partition coefficient (Wildman–Crippen LogP) is 5.52. The zero-order chi connectivity index (χ0) is 15.5. The first kappa shape index (κ1) is 15.9. The second-order valence-corrected chi connectivity index (χ2v) is 6.68. The summed E-state index contributed by atoms with van der Waals surface area (Å²) in [5.74, 6) is 0. The fourth-order valence-corrected chi connectivity index (χ4v) is 2.37. The minimum Gasteiger partial charge on any atom is -0.381 e. The van der Waals surface area contributed by atoms with Crippen LogP contribution in [0.1, 0.15) is 25.0 Å². The first-order valence-electron chi connectivity index (χ1n) is 6.62. The molecule has 0 aliphatic rings. The molecule has 21 heavy (non-hydrogen) atoms. The van der Waals surface area contributed by atoms with Crippen molar-refractivity contribution in [3.63, 3.8) is 0 Å². The van der Waals surface area contributed by atoms with Crippen molar-refractivity contribution in [3.8, 4) is 6.07 Å². The second kappa shape index (κ2) is 6.51. The van der Waals surface area contributed by atoms with E-state index in [1.54, 1.807) is 0 Å². The number of hydrogen-bond acceptors (Lipinski definition) is 2. The molecule has 0 radical (unpaired) electrons. The van der Waals surface area contributed by atoms with Gasteiger partial charge < -0.3 is 5.32 Å². The quantitative estimate of drug-likeness (QED) is 0.776. The van der Waals surface area contributed by atoms with E-state index in [9.17, 15) is 0 Å². The first-order chi connectivity index (χ1) is 9.92. The van der Waals surface area contributed by atoms with Crippen LogP contribution >= 0.6 is 27.5 Å². The standard InChI is InChI=1S/C17H16BrClN2/c1-17(2,11-20)13-4-6-14(7-5-13)21-10-12-3-8-15(18)16(19)9-12/h3-9,21H,10H2,1-2H3. The highest BCUT2D eigenvalue weighted by Gasteiger charge is 2.18. The molecule has 1 N–H and O–H groups in total. The molecule has 0 saturated heterocycles. The third kappa shape index (κ3) is 4.00. The van der Waals surface area contributed by atoms with E-state index < -0.39 is 5.41 Å². The molecule has 0 aliphatic heterocycles. The van der Waals surface area contributed by atoms with Gasteiger partial charge >= 0.3 is 0 Å². The van der Waals surface area contributed by atoms with Gasteiger partial charge in [-0.15, -0.1) is 0 Å². The number of nitrogens with zero attached hydrogens (tertiary/aromatic N) is 1. The van der Waals surface area contributed by atoms with Gasteiger partial charge in [-0.1, -0.05) is 29.8 Å². The van der Waals surface area contributed by atoms with Crippen LogP contribution in [0, 0.1) is 11.3 Å². The highest BCUT2D eigenvalue weighted by molar-refractivity contribution is 9.10. The molecule has 0 aromatic heterocycles. The fourth-order valence-electron chi connectivity index (χ4n) is 1.92. The summed E-state index contributed by atoms with van der Waals surface area (Å²) in [6.07, 6.45) is 0. The van der Waals surface area contributed by atoms with Crippen LogP contribution in [-0.4, -0.2) is 0 Å². The summed E-state index contributed by atoms with van der Waals surface area (Å²) < 4.78 is 0.899. The van der Waals surface area contributed by atoms with Crippen LogP contribution in [0.25, 0.3) is 0 Å². The predicted molar refractivity (Wildman–Crippen MR) is 91.6 cm³/mol. The largest absolute Gasteiger partial charge is 0.381 e. The Morgan fingerprint density at radius 3 is 2.43 bits per heavy atom. The lowest BCUT2D eigenvalue weighted by Crippen LogP contribution is -2.13. The van der Waals surface area contributed by atoms with E-state index in [0.29, 0.717) is 11.6 Å². The molecule has 0 amide bonds. The van der Waals surface area contributed by atoms with Crippen molar-refractivity contribution in [2.75, 3.05) is 5.32 Å². The monoisotopic (exact) mass is 362 g/mol. The van der Waals surface area contributed by atoms with Crippen molar-refractivity contribution >= 4 is 33.2 Å². The molecule has 108 valence electrons. The molecule has 2 aromatic carbocycles. The summed E-state index contributed by atoms with van der Waals surface area (Å²) in [7, 11) is 0. The lowest BCUT2D eigenvalue weighted by molar-refractivity contribution is 0.687. The summed E-state index contributed by atoms with van der Waals surface area (Å²) in [4.78, 5) is 0. The number of rotatable bonds is 4. The Kier molecular flexibility index (Phi) is 4.92. The van der Waals surface area contributed by atoms with Crippen LogP contribution in [0.2, 0.25) is 5.02 Å².